The lowest BCUT2D eigenvalue weighted by atomic mass is 9.49. The molecule has 0 aliphatic heterocycles. The standard InChI is InChI=1S/C29H46/c1-12-13(2)21-9-20(12)28-23-11-25(29(21)28)19(17(23)6)8-7-18-16(5)22-10-24(18)27-15(4)14(3)26(22)27/h12-29H,7-11H2,1-6H3. The third-order valence-electron chi connectivity index (χ3n) is 14.3. The molecule has 7 saturated carbocycles. The SMILES string of the molecule is CC1C(CCC2C(C)C3CC2C2C4CC(C(C)C4C)C32)C2CC1C1C(C)C(C)C21. The van der Waals surface area contributed by atoms with Gasteiger partial charge in [0, 0.05) is 0 Å². The van der Waals surface area contributed by atoms with Crippen molar-refractivity contribution in [1.82, 2.24) is 0 Å². The number of hydrogen-bond donors (Lipinski definition) is 0. The maximum atomic E-state index is 2.70. The van der Waals surface area contributed by atoms with Crippen molar-refractivity contribution < 1.29 is 0 Å². The molecule has 18 atom stereocenters. The molecule has 0 radical (unpaired) electrons. The predicted molar refractivity (Wildman–Crippen MR) is 120 cm³/mol. The number of fused-ring (bicyclic) bond motifs is 14. The van der Waals surface area contributed by atoms with E-state index in [2.05, 4.69) is 41.5 Å². The Hall–Kier alpha value is 0. The summed E-state index contributed by atoms with van der Waals surface area (Å²) in [4.78, 5) is 0. The van der Waals surface area contributed by atoms with Gasteiger partial charge in [0.2, 0.25) is 0 Å². The van der Waals surface area contributed by atoms with Gasteiger partial charge in [0.25, 0.3) is 0 Å². The van der Waals surface area contributed by atoms with E-state index >= 15 is 0 Å². The second-order valence-electron chi connectivity index (χ2n) is 14.1. The Bertz CT molecular complexity index is 692. The van der Waals surface area contributed by atoms with Crippen molar-refractivity contribution in [3.63, 3.8) is 0 Å². The molecule has 0 aromatic heterocycles. The van der Waals surface area contributed by atoms with Crippen molar-refractivity contribution in [2.75, 3.05) is 0 Å². The largest absolute Gasteiger partial charge is 0.0620 e. The van der Waals surface area contributed by atoms with Gasteiger partial charge in [0.05, 0.1) is 0 Å². The highest BCUT2D eigenvalue weighted by molar-refractivity contribution is 5.16. The minimum atomic E-state index is 1.03. The Morgan fingerprint density at radius 3 is 1.28 bits per heavy atom. The molecule has 18 unspecified atom stereocenters. The van der Waals surface area contributed by atoms with Crippen LogP contribution in [0.5, 0.6) is 0 Å². The molecule has 7 rings (SSSR count). The van der Waals surface area contributed by atoms with Crippen LogP contribution >= 0.6 is 0 Å². The van der Waals surface area contributed by atoms with Crippen LogP contribution in [0.3, 0.4) is 0 Å². The molecule has 0 N–H and O–H groups in total. The lowest BCUT2D eigenvalue weighted by Crippen LogP contribution is -2.51. The van der Waals surface area contributed by atoms with Gasteiger partial charge < -0.3 is 0 Å². The molecule has 0 saturated heterocycles. The van der Waals surface area contributed by atoms with E-state index in [4.69, 9.17) is 0 Å². The van der Waals surface area contributed by atoms with Crippen molar-refractivity contribution in [2.24, 2.45) is 107 Å². The third-order valence-corrected chi connectivity index (χ3v) is 14.3. The van der Waals surface area contributed by atoms with E-state index in [9.17, 15) is 0 Å². The fourth-order valence-electron chi connectivity index (χ4n) is 13.0. The van der Waals surface area contributed by atoms with Crippen molar-refractivity contribution in [1.29, 1.82) is 0 Å². The average Bonchev–Trinajstić information content (AvgIpc) is 3.50. The van der Waals surface area contributed by atoms with Crippen LogP contribution in [0, 0.1) is 107 Å². The van der Waals surface area contributed by atoms with Crippen LogP contribution in [0.15, 0.2) is 0 Å². The molecule has 29 heavy (non-hydrogen) atoms. The molecule has 7 aliphatic carbocycles. The normalized spacial score (nSPS) is 71.0. The lowest BCUT2D eigenvalue weighted by molar-refractivity contribution is -0.0821. The summed E-state index contributed by atoms with van der Waals surface area (Å²) in [7, 11) is 0. The fourth-order valence-corrected chi connectivity index (χ4v) is 13.0. The van der Waals surface area contributed by atoms with Crippen molar-refractivity contribution >= 4 is 0 Å². The van der Waals surface area contributed by atoms with E-state index < -0.39 is 0 Å². The van der Waals surface area contributed by atoms with Gasteiger partial charge in [0.1, 0.15) is 0 Å². The second-order valence-corrected chi connectivity index (χ2v) is 14.1. The summed E-state index contributed by atoms with van der Waals surface area (Å²) in [5.41, 5.74) is 0. The molecule has 0 aromatic carbocycles. The van der Waals surface area contributed by atoms with Crippen molar-refractivity contribution in [3.8, 4) is 0 Å². The molecule has 0 heterocycles. The van der Waals surface area contributed by atoms with E-state index in [-0.39, 0.29) is 0 Å². The monoisotopic (exact) mass is 394 g/mol. The first-order valence-corrected chi connectivity index (χ1v) is 13.9. The van der Waals surface area contributed by atoms with E-state index in [0.717, 1.165) is 107 Å². The van der Waals surface area contributed by atoms with E-state index in [1.807, 2.05) is 0 Å². The van der Waals surface area contributed by atoms with Crippen LogP contribution < -0.4 is 0 Å². The Morgan fingerprint density at radius 2 is 0.724 bits per heavy atom. The van der Waals surface area contributed by atoms with Gasteiger partial charge in [-0.25, -0.2) is 0 Å². The third kappa shape index (κ3) is 2.01. The first-order chi connectivity index (χ1) is 13.9. The zero-order chi connectivity index (χ0) is 19.9. The highest BCUT2D eigenvalue weighted by atomic mass is 14.7. The minimum absolute atomic E-state index is 1.03. The minimum Gasteiger partial charge on any atom is -0.0620 e. The smallest absolute Gasteiger partial charge is 0.0318 e. The van der Waals surface area contributed by atoms with E-state index in [1.54, 1.807) is 32.1 Å². The summed E-state index contributed by atoms with van der Waals surface area (Å²) < 4.78 is 0. The number of rotatable bonds is 3. The Labute approximate surface area is 180 Å². The van der Waals surface area contributed by atoms with E-state index in [1.165, 1.54) is 0 Å². The molecule has 0 aromatic rings. The molecule has 0 amide bonds. The van der Waals surface area contributed by atoms with E-state index in [0.29, 0.717) is 0 Å². The summed E-state index contributed by atoms with van der Waals surface area (Å²) in [5.74, 6) is 19.7. The highest BCUT2D eigenvalue weighted by Crippen LogP contribution is 2.74. The first-order valence-electron chi connectivity index (χ1n) is 13.9. The van der Waals surface area contributed by atoms with Crippen LogP contribution in [-0.2, 0) is 0 Å². The first kappa shape index (κ1) is 18.6. The molecule has 0 nitrogen and oxygen atoms in total. The van der Waals surface area contributed by atoms with Crippen LogP contribution in [0.4, 0.5) is 0 Å². The molecule has 7 fully saturated rings. The summed E-state index contributed by atoms with van der Waals surface area (Å²) in [6, 6.07) is 0. The Morgan fingerprint density at radius 1 is 0.379 bits per heavy atom. The summed E-state index contributed by atoms with van der Waals surface area (Å²) >= 11 is 0. The van der Waals surface area contributed by atoms with Crippen LogP contribution in [0.2, 0.25) is 0 Å². The van der Waals surface area contributed by atoms with Gasteiger partial charge in [-0.05, 0) is 139 Å². The molecule has 6 bridgehead atoms. The molecular formula is C29H46. The molecule has 7 aliphatic rings. The highest BCUT2D eigenvalue weighted by Gasteiger charge is 2.68. The van der Waals surface area contributed by atoms with Gasteiger partial charge in [0.15, 0.2) is 0 Å². The summed E-state index contributed by atoms with van der Waals surface area (Å²) in [6.07, 6.45) is 8.08. The van der Waals surface area contributed by atoms with Gasteiger partial charge in [-0.15, -0.1) is 0 Å². The van der Waals surface area contributed by atoms with Crippen LogP contribution in [-0.4, -0.2) is 0 Å². The van der Waals surface area contributed by atoms with Gasteiger partial charge in [-0.2, -0.15) is 0 Å². The van der Waals surface area contributed by atoms with Gasteiger partial charge >= 0.3 is 0 Å². The topological polar surface area (TPSA) is 0 Å². The van der Waals surface area contributed by atoms with Gasteiger partial charge in [-0.3, -0.25) is 0 Å². The summed E-state index contributed by atoms with van der Waals surface area (Å²) in [5, 5.41) is 0. The number of hydrogen-bond acceptors (Lipinski definition) is 0. The Kier molecular flexibility index (Phi) is 3.75. The lowest BCUT2D eigenvalue weighted by Gasteiger charge is -2.56. The zero-order valence-corrected chi connectivity index (χ0v) is 19.9. The second kappa shape index (κ2) is 5.86. The average molecular weight is 395 g/mol. The quantitative estimate of drug-likeness (QED) is 0.442. The van der Waals surface area contributed by atoms with Gasteiger partial charge in [-0.1, -0.05) is 41.5 Å². The molecular weight excluding hydrogens is 348 g/mol. The van der Waals surface area contributed by atoms with Crippen LogP contribution in [0.1, 0.15) is 73.6 Å². The van der Waals surface area contributed by atoms with Crippen molar-refractivity contribution in [2.45, 2.75) is 73.6 Å². The Balaban J connectivity index is 1.07. The van der Waals surface area contributed by atoms with Crippen LogP contribution in [0.25, 0.3) is 0 Å². The molecule has 162 valence electrons. The fraction of sp³-hybridized carbons (Fsp3) is 1.00. The molecule has 0 spiro atoms. The predicted octanol–water partition coefficient (Wildman–Crippen LogP) is 7.24. The van der Waals surface area contributed by atoms with Crippen molar-refractivity contribution in [3.05, 3.63) is 0 Å². The molecule has 0 heteroatoms. The summed E-state index contributed by atoms with van der Waals surface area (Å²) in [6.45, 7) is 15.7. The maximum Gasteiger partial charge on any atom is -0.0318 e. The maximum absolute atomic E-state index is 2.70. The zero-order valence-electron chi connectivity index (χ0n) is 19.9.